The molecule has 0 aliphatic rings. The number of carbonyl (C=O) groups is 1. The molecule has 0 fully saturated rings. The lowest BCUT2D eigenvalue weighted by Gasteiger charge is -2.22. The minimum Gasteiger partial charge on any atom is -0.354 e. The zero-order valence-electron chi connectivity index (χ0n) is 17.5. The van der Waals surface area contributed by atoms with E-state index in [-0.39, 0.29) is 5.69 Å². The van der Waals surface area contributed by atoms with Crippen LogP contribution in [0.5, 0.6) is 0 Å². The standard InChI is InChI=1S/C21H23BrClN3O4S2/c1-3-4-7-12-30-21(15-8-5-6-9-16(15)23)25-13-17(24-14(25)2)20(27)26(32(28)29)19-11-10-18(22)31-19/h5-6,8-11,13,21H,3-4,7,12H2,1-2H3,(H,28,29). The molecule has 0 bridgehead atoms. The molecule has 1 amide bonds. The molecular weight excluding hydrogens is 538 g/mol. The summed E-state index contributed by atoms with van der Waals surface area (Å²) >= 11 is 8.36. The molecule has 0 aliphatic heterocycles. The first-order valence-corrected chi connectivity index (χ1v) is 13.0. The minimum atomic E-state index is -2.55. The van der Waals surface area contributed by atoms with Gasteiger partial charge in [-0.15, -0.1) is 11.3 Å². The molecule has 2 unspecified atom stereocenters. The van der Waals surface area contributed by atoms with Gasteiger partial charge in [-0.2, -0.15) is 4.31 Å². The van der Waals surface area contributed by atoms with E-state index in [1.807, 2.05) is 18.2 Å². The van der Waals surface area contributed by atoms with Gasteiger partial charge in [0.2, 0.25) is 0 Å². The molecule has 32 heavy (non-hydrogen) atoms. The van der Waals surface area contributed by atoms with E-state index in [1.54, 1.807) is 29.7 Å². The van der Waals surface area contributed by atoms with E-state index >= 15 is 0 Å². The number of imidazole rings is 1. The van der Waals surface area contributed by atoms with Crippen molar-refractivity contribution in [2.45, 2.75) is 39.3 Å². The molecule has 7 nitrogen and oxygen atoms in total. The van der Waals surface area contributed by atoms with E-state index in [0.717, 1.165) is 32.9 Å². The van der Waals surface area contributed by atoms with E-state index in [1.165, 1.54) is 17.5 Å². The molecule has 11 heteroatoms. The Balaban J connectivity index is 1.96. The van der Waals surface area contributed by atoms with Crippen molar-refractivity contribution in [3.63, 3.8) is 0 Å². The van der Waals surface area contributed by atoms with Gasteiger partial charge in [-0.3, -0.25) is 9.35 Å². The highest BCUT2D eigenvalue weighted by atomic mass is 79.9. The maximum atomic E-state index is 13.1. The van der Waals surface area contributed by atoms with Crippen LogP contribution in [-0.4, -0.2) is 30.8 Å². The first-order chi connectivity index (χ1) is 15.3. The Bertz CT molecular complexity index is 1100. The monoisotopic (exact) mass is 559 g/mol. The van der Waals surface area contributed by atoms with E-state index in [4.69, 9.17) is 16.3 Å². The fraction of sp³-hybridized carbons (Fsp3) is 0.333. The number of rotatable bonds is 10. The molecular formula is C21H23BrClN3O4S2. The normalized spacial score (nSPS) is 13.2. The van der Waals surface area contributed by atoms with Crippen LogP contribution in [0.4, 0.5) is 5.00 Å². The fourth-order valence-corrected chi connectivity index (χ4v) is 5.38. The Morgan fingerprint density at radius 3 is 2.72 bits per heavy atom. The molecule has 1 aromatic carbocycles. The van der Waals surface area contributed by atoms with Crippen molar-refractivity contribution in [3.8, 4) is 0 Å². The van der Waals surface area contributed by atoms with Gasteiger partial charge in [-0.25, -0.2) is 9.19 Å². The van der Waals surface area contributed by atoms with Crippen LogP contribution in [0, 0.1) is 6.92 Å². The summed E-state index contributed by atoms with van der Waals surface area (Å²) in [5.74, 6) is -0.171. The van der Waals surface area contributed by atoms with Gasteiger partial charge >= 0.3 is 0 Å². The fourth-order valence-electron chi connectivity index (χ4n) is 3.13. The van der Waals surface area contributed by atoms with Gasteiger partial charge < -0.3 is 9.30 Å². The van der Waals surface area contributed by atoms with Crippen LogP contribution >= 0.6 is 38.9 Å². The number of halogens is 2. The van der Waals surface area contributed by atoms with Crippen LogP contribution < -0.4 is 4.31 Å². The molecule has 0 aliphatic carbocycles. The van der Waals surface area contributed by atoms with Crippen molar-refractivity contribution < 1.29 is 18.3 Å². The van der Waals surface area contributed by atoms with Crippen LogP contribution in [0.15, 0.2) is 46.4 Å². The number of aryl methyl sites for hydroxylation is 1. The first kappa shape index (κ1) is 25.1. The zero-order valence-corrected chi connectivity index (χ0v) is 21.5. The maximum Gasteiger partial charge on any atom is 0.292 e. The quantitative estimate of drug-likeness (QED) is 0.235. The predicted molar refractivity (Wildman–Crippen MR) is 132 cm³/mol. The average Bonchev–Trinajstić information content (AvgIpc) is 3.34. The number of benzene rings is 1. The van der Waals surface area contributed by atoms with Crippen LogP contribution in [0.25, 0.3) is 0 Å². The third kappa shape index (κ3) is 5.86. The molecule has 0 saturated heterocycles. The number of unbranched alkanes of at least 4 members (excludes halogenated alkanes) is 2. The third-order valence-corrected chi connectivity index (χ3v) is 7.43. The number of ether oxygens (including phenoxy) is 1. The zero-order chi connectivity index (χ0) is 23.3. The summed E-state index contributed by atoms with van der Waals surface area (Å²) in [6, 6.07) is 10.6. The second-order valence-corrected chi connectivity index (χ2v) is 10.6. The van der Waals surface area contributed by atoms with Gasteiger partial charge in [0.15, 0.2) is 6.23 Å². The summed E-state index contributed by atoms with van der Waals surface area (Å²) in [4.78, 5) is 17.5. The van der Waals surface area contributed by atoms with Crippen molar-refractivity contribution in [3.05, 3.63) is 68.5 Å². The number of carbonyl (C=O) groups excluding carboxylic acids is 1. The second kappa shape index (κ2) is 11.5. The number of amides is 1. The van der Waals surface area contributed by atoms with Gasteiger partial charge in [0, 0.05) is 23.4 Å². The molecule has 1 N–H and O–H groups in total. The highest BCUT2D eigenvalue weighted by Gasteiger charge is 2.29. The molecule has 3 aromatic rings. The summed E-state index contributed by atoms with van der Waals surface area (Å²) in [5.41, 5.74) is 0.776. The van der Waals surface area contributed by atoms with Crippen LogP contribution in [-0.2, 0) is 16.0 Å². The molecule has 2 heterocycles. The van der Waals surface area contributed by atoms with Crippen molar-refractivity contribution in [1.82, 2.24) is 9.55 Å². The second-order valence-electron chi connectivity index (χ2n) is 6.94. The van der Waals surface area contributed by atoms with E-state index in [0.29, 0.717) is 22.5 Å². The number of nitrogens with zero attached hydrogens (tertiary/aromatic N) is 3. The van der Waals surface area contributed by atoms with Gasteiger partial charge in [-0.1, -0.05) is 49.6 Å². The summed E-state index contributed by atoms with van der Waals surface area (Å²) in [6.45, 7) is 4.38. The third-order valence-electron chi connectivity index (χ3n) is 4.68. The molecule has 0 radical (unpaired) electrons. The number of hydrogen-bond acceptors (Lipinski definition) is 5. The van der Waals surface area contributed by atoms with Gasteiger partial charge in [-0.05, 0) is 47.5 Å². The smallest absolute Gasteiger partial charge is 0.292 e. The van der Waals surface area contributed by atoms with Gasteiger partial charge in [0.05, 0.1) is 3.79 Å². The largest absolute Gasteiger partial charge is 0.354 e. The first-order valence-electron chi connectivity index (χ1n) is 9.95. The highest BCUT2D eigenvalue weighted by Crippen LogP contribution is 2.32. The Labute approximate surface area is 206 Å². The number of anilines is 1. The topological polar surface area (TPSA) is 84.7 Å². The van der Waals surface area contributed by atoms with Crippen LogP contribution in [0.2, 0.25) is 5.02 Å². The van der Waals surface area contributed by atoms with Crippen molar-refractivity contribution in [1.29, 1.82) is 0 Å². The number of thiophene rings is 1. The Morgan fingerprint density at radius 2 is 2.09 bits per heavy atom. The molecule has 3 rings (SSSR count). The predicted octanol–water partition coefficient (Wildman–Crippen LogP) is 6.21. The minimum absolute atomic E-state index is 0.0311. The SMILES string of the molecule is CCCCCOC(c1ccccc1Cl)n1cc(C(=O)N(c2ccc(Br)s2)S(=O)O)nc1C. The maximum absolute atomic E-state index is 13.1. The Morgan fingerprint density at radius 1 is 1.34 bits per heavy atom. The van der Waals surface area contributed by atoms with Gasteiger partial charge in [0.1, 0.15) is 16.5 Å². The van der Waals surface area contributed by atoms with E-state index in [2.05, 4.69) is 27.8 Å². The molecule has 2 aromatic heterocycles. The lowest BCUT2D eigenvalue weighted by molar-refractivity contribution is 0.0285. The molecule has 0 saturated carbocycles. The van der Waals surface area contributed by atoms with Crippen LogP contribution in [0.3, 0.4) is 0 Å². The summed E-state index contributed by atoms with van der Waals surface area (Å²) < 4.78 is 31.1. The average molecular weight is 561 g/mol. The number of hydrogen-bond donors (Lipinski definition) is 1. The lowest BCUT2D eigenvalue weighted by Crippen LogP contribution is -2.32. The van der Waals surface area contributed by atoms with Crippen molar-refractivity contribution in [2.24, 2.45) is 0 Å². The Kier molecular flexibility index (Phi) is 9.04. The molecule has 172 valence electrons. The summed E-state index contributed by atoms with van der Waals surface area (Å²) in [6.07, 6.45) is 3.94. The van der Waals surface area contributed by atoms with E-state index in [9.17, 15) is 13.6 Å². The van der Waals surface area contributed by atoms with Crippen molar-refractivity contribution >= 4 is 61.0 Å². The van der Waals surface area contributed by atoms with E-state index < -0.39 is 23.4 Å². The summed E-state index contributed by atoms with van der Waals surface area (Å²) in [7, 11) is 0. The lowest BCUT2D eigenvalue weighted by atomic mass is 10.2. The molecule has 0 spiro atoms. The highest BCUT2D eigenvalue weighted by molar-refractivity contribution is 9.11. The number of aromatic nitrogens is 2. The molecule has 2 atom stereocenters. The van der Waals surface area contributed by atoms with Gasteiger partial charge in [0.25, 0.3) is 17.2 Å². The Hall–Kier alpha value is -1.56. The van der Waals surface area contributed by atoms with Crippen molar-refractivity contribution in [2.75, 3.05) is 10.9 Å². The van der Waals surface area contributed by atoms with Crippen LogP contribution in [0.1, 0.15) is 54.3 Å². The summed E-state index contributed by atoms with van der Waals surface area (Å²) in [5, 5.41) is 0.865.